The highest BCUT2D eigenvalue weighted by Crippen LogP contribution is 2.23. The van der Waals surface area contributed by atoms with Crippen LogP contribution in [0.2, 0.25) is 5.02 Å². The van der Waals surface area contributed by atoms with Gasteiger partial charge in [0.2, 0.25) is 0 Å². The van der Waals surface area contributed by atoms with Crippen molar-refractivity contribution in [2.45, 2.75) is 25.9 Å². The fourth-order valence-electron chi connectivity index (χ4n) is 2.23. The molecular formula is C16H17ClN2O2. The minimum atomic E-state index is -0.376. The number of nitro benzene ring substituents is 1. The number of rotatable bonds is 5. The molecule has 110 valence electrons. The summed E-state index contributed by atoms with van der Waals surface area (Å²) < 4.78 is 0. The summed E-state index contributed by atoms with van der Waals surface area (Å²) in [4.78, 5) is 10.4. The number of non-ortho nitro benzene ring substituents is 1. The van der Waals surface area contributed by atoms with Crippen molar-refractivity contribution in [3.8, 4) is 0 Å². The smallest absolute Gasteiger partial charge is 0.269 e. The largest absolute Gasteiger partial charge is 0.304 e. The summed E-state index contributed by atoms with van der Waals surface area (Å²) in [6.45, 7) is 4.04. The van der Waals surface area contributed by atoms with Gasteiger partial charge in [-0.25, -0.2) is 0 Å². The third-order valence-electron chi connectivity index (χ3n) is 3.45. The van der Waals surface area contributed by atoms with Crippen LogP contribution in [0.5, 0.6) is 0 Å². The average molecular weight is 305 g/mol. The van der Waals surface area contributed by atoms with E-state index in [1.165, 1.54) is 6.07 Å². The maximum Gasteiger partial charge on any atom is 0.269 e. The first-order valence-electron chi connectivity index (χ1n) is 6.73. The van der Waals surface area contributed by atoms with E-state index in [1.54, 1.807) is 12.1 Å². The molecular weight excluding hydrogens is 288 g/mol. The molecule has 0 aliphatic heterocycles. The Labute approximate surface area is 128 Å². The highest BCUT2D eigenvalue weighted by Gasteiger charge is 2.14. The van der Waals surface area contributed by atoms with Gasteiger partial charge in [-0.05, 0) is 37.1 Å². The highest BCUT2D eigenvalue weighted by molar-refractivity contribution is 6.30. The van der Waals surface area contributed by atoms with Crippen LogP contribution in [0.1, 0.15) is 37.1 Å². The minimum absolute atomic E-state index is 0.00979. The van der Waals surface area contributed by atoms with Crippen molar-refractivity contribution in [3.63, 3.8) is 0 Å². The van der Waals surface area contributed by atoms with Gasteiger partial charge in [0.1, 0.15) is 0 Å². The Balaban J connectivity index is 2.10. The van der Waals surface area contributed by atoms with E-state index in [4.69, 9.17) is 11.6 Å². The minimum Gasteiger partial charge on any atom is -0.304 e. The first-order valence-corrected chi connectivity index (χ1v) is 7.11. The molecule has 4 nitrogen and oxygen atoms in total. The van der Waals surface area contributed by atoms with Gasteiger partial charge in [-0.1, -0.05) is 35.9 Å². The normalized spacial score (nSPS) is 13.7. The molecule has 5 heteroatoms. The molecule has 2 unspecified atom stereocenters. The van der Waals surface area contributed by atoms with E-state index in [2.05, 4.69) is 12.2 Å². The van der Waals surface area contributed by atoms with Gasteiger partial charge < -0.3 is 5.32 Å². The van der Waals surface area contributed by atoms with E-state index in [0.29, 0.717) is 5.02 Å². The molecule has 0 saturated carbocycles. The first kappa shape index (κ1) is 15.5. The number of halogens is 1. The molecule has 1 N–H and O–H groups in total. The number of nitrogens with zero attached hydrogens (tertiary/aromatic N) is 1. The highest BCUT2D eigenvalue weighted by atomic mass is 35.5. The predicted molar refractivity (Wildman–Crippen MR) is 84.5 cm³/mol. The van der Waals surface area contributed by atoms with Crippen LogP contribution in [0.4, 0.5) is 5.69 Å². The van der Waals surface area contributed by atoms with Crippen LogP contribution in [0.3, 0.4) is 0 Å². The van der Waals surface area contributed by atoms with Gasteiger partial charge >= 0.3 is 0 Å². The lowest BCUT2D eigenvalue weighted by atomic mass is 10.0. The van der Waals surface area contributed by atoms with E-state index in [1.807, 2.05) is 37.3 Å². The van der Waals surface area contributed by atoms with Crippen LogP contribution in [-0.2, 0) is 0 Å². The molecule has 21 heavy (non-hydrogen) atoms. The molecule has 0 amide bonds. The lowest BCUT2D eigenvalue weighted by Gasteiger charge is -2.20. The Bertz CT molecular complexity index is 628. The number of benzene rings is 2. The zero-order valence-electron chi connectivity index (χ0n) is 11.9. The Morgan fingerprint density at radius 2 is 1.67 bits per heavy atom. The summed E-state index contributed by atoms with van der Waals surface area (Å²) in [5.74, 6) is 0. The first-order chi connectivity index (χ1) is 9.97. The third-order valence-corrected chi connectivity index (χ3v) is 3.70. The molecule has 0 spiro atoms. The SMILES string of the molecule is CC(NC(C)c1cccc([N+](=O)[O-])c1)c1ccc(Cl)cc1. The summed E-state index contributed by atoms with van der Waals surface area (Å²) in [6.07, 6.45) is 0. The van der Waals surface area contributed by atoms with Gasteiger partial charge in [0, 0.05) is 29.2 Å². The van der Waals surface area contributed by atoms with Gasteiger partial charge in [-0.15, -0.1) is 0 Å². The standard InChI is InChI=1S/C16H17ClN2O2/c1-11(13-6-8-15(17)9-7-13)18-12(2)14-4-3-5-16(10-14)19(20)21/h3-12,18H,1-2H3. The van der Waals surface area contributed by atoms with Crippen LogP contribution in [0.25, 0.3) is 0 Å². The second kappa shape index (κ2) is 6.70. The number of nitro groups is 1. The van der Waals surface area contributed by atoms with Crippen molar-refractivity contribution >= 4 is 17.3 Å². The monoisotopic (exact) mass is 304 g/mol. The van der Waals surface area contributed by atoms with Crippen molar-refractivity contribution in [1.29, 1.82) is 0 Å². The van der Waals surface area contributed by atoms with E-state index < -0.39 is 0 Å². The molecule has 0 aliphatic carbocycles. The second-order valence-corrected chi connectivity index (χ2v) is 5.45. The lowest BCUT2D eigenvalue weighted by Crippen LogP contribution is -2.22. The van der Waals surface area contributed by atoms with Gasteiger partial charge in [-0.3, -0.25) is 10.1 Å². The number of hydrogen-bond acceptors (Lipinski definition) is 3. The Morgan fingerprint density at radius 1 is 1.05 bits per heavy atom. The van der Waals surface area contributed by atoms with Crippen molar-refractivity contribution in [3.05, 3.63) is 74.8 Å². The fraction of sp³-hybridized carbons (Fsp3) is 0.250. The quantitative estimate of drug-likeness (QED) is 0.645. The van der Waals surface area contributed by atoms with Crippen LogP contribution in [0.15, 0.2) is 48.5 Å². The molecule has 2 rings (SSSR count). The molecule has 0 bridgehead atoms. The summed E-state index contributed by atoms with van der Waals surface area (Å²) in [5.41, 5.74) is 2.13. The molecule has 0 heterocycles. The third kappa shape index (κ3) is 4.03. The van der Waals surface area contributed by atoms with Crippen LogP contribution >= 0.6 is 11.6 Å². The summed E-state index contributed by atoms with van der Waals surface area (Å²) >= 11 is 5.88. The van der Waals surface area contributed by atoms with E-state index in [-0.39, 0.29) is 22.7 Å². The molecule has 0 aliphatic rings. The molecule has 0 fully saturated rings. The summed E-state index contributed by atoms with van der Waals surface area (Å²) in [7, 11) is 0. The van der Waals surface area contributed by atoms with Crippen molar-refractivity contribution in [2.24, 2.45) is 0 Å². The fourth-order valence-corrected chi connectivity index (χ4v) is 2.35. The second-order valence-electron chi connectivity index (χ2n) is 5.01. The molecule has 2 atom stereocenters. The zero-order valence-corrected chi connectivity index (χ0v) is 12.7. The maximum absolute atomic E-state index is 10.8. The lowest BCUT2D eigenvalue weighted by molar-refractivity contribution is -0.384. The molecule has 0 radical (unpaired) electrons. The summed E-state index contributed by atoms with van der Waals surface area (Å²) in [5, 5.41) is 15.0. The number of nitrogens with one attached hydrogen (secondary N) is 1. The van der Waals surface area contributed by atoms with Crippen LogP contribution in [0, 0.1) is 10.1 Å². The Kier molecular flexibility index (Phi) is 4.94. The van der Waals surface area contributed by atoms with E-state index >= 15 is 0 Å². The van der Waals surface area contributed by atoms with E-state index in [0.717, 1.165) is 11.1 Å². The zero-order chi connectivity index (χ0) is 15.4. The Hall–Kier alpha value is -1.91. The summed E-state index contributed by atoms with van der Waals surface area (Å²) in [6, 6.07) is 14.5. The van der Waals surface area contributed by atoms with E-state index in [9.17, 15) is 10.1 Å². The predicted octanol–water partition coefficient (Wildman–Crippen LogP) is 4.66. The maximum atomic E-state index is 10.8. The van der Waals surface area contributed by atoms with Crippen LogP contribution in [-0.4, -0.2) is 4.92 Å². The molecule has 0 saturated heterocycles. The molecule has 2 aromatic carbocycles. The van der Waals surface area contributed by atoms with Gasteiger partial charge in [0.25, 0.3) is 5.69 Å². The van der Waals surface area contributed by atoms with Gasteiger partial charge in [-0.2, -0.15) is 0 Å². The van der Waals surface area contributed by atoms with Crippen molar-refractivity contribution < 1.29 is 4.92 Å². The Morgan fingerprint density at radius 3 is 2.29 bits per heavy atom. The molecule has 0 aromatic heterocycles. The topological polar surface area (TPSA) is 55.2 Å². The van der Waals surface area contributed by atoms with Gasteiger partial charge in [0.05, 0.1) is 4.92 Å². The van der Waals surface area contributed by atoms with Gasteiger partial charge in [0.15, 0.2) is 0 Å². The van der Waals surface area contributed by atoms with Crippen LogP contribution < -0.4 is 5.32 Å². The number of hydrogen-bond donors (Lipinski definition) is 1. The molecule has 2 aromatic rings. The van der Waals surface area contributed by atoms with Crippen molar-refractivity contribution in [2.75, 3.05) is 0 Å². The van der Waals surface area contributed by atoms with Crippen molar-refractivity contribution in [1.82, 2.24) is 5.32 Å². The average Bonchev–Trinajstić information content (AvgIpc) is 2.48.